The second kappa shape index (κ2) is 7.35. The Morgan fingerprint density at radius 3 is 1.81 bits per heavy atom. The van der Waals surface area contributed by atoms with E-state index in [4.69, 9.17) is 0 Å². The molecule has 0 bridgehead atoms. The summed E-state index contributed by atoms with van der Waals surface area (Å²) >= 11 is 0. The lowest BCUT2D eigenvalue weighted by Crippen LogP contribution is -2.23. The van der Waals surface area contributed by atoms with Crippen molar-refractivity contribution in [2.24, 2.45) is 23.2 Å². The maximum atomic E-state index is 2.47. The second-order valence-electron chi connectivity index (χ2n) is 6.78. The highest BCUT2D eigenvalue weighted by molar-refractivity contribution is 4.77. The highest BCUT2D eigenvalue weighted by Crippen LogP contribution is 2.37. The van der Waals surface area contributed by atoms with E-state index in [-0.39, 0.29) is 0 Å². The summed E-state index contributed by atoms with van der Waals surface area (Å²) in [5.74, 6) is 2.59. The molecule has 0 saturated carbocycles. The quantitative estimate of drug-likeness (QED) is 0.482. The molecule has 0 N–H and O–H groups in total. The summed E-state index contributed by atoms with van der Waals surface area (Å²) in [6.07, 6.45) is 6.94. The third kappa shape index (κ3) is 5.92. The maximum absolute atomic E-state index is 2.47. The van der Waals surface area contributed by atoms with E-state index in [1.807, 2.05) is 0 Å². The molecule has 0 radical (unpaired) electrons. The van der Waals surface area contributed by atoms with Crippen LogP contribution in [-0.4, -0.2) is 0 Å². The van der Waals surface area contributed by atoms with Gasteiger partial charge in [0.25, 0.3) is 0 Å². The van der Waals surface area contributed by atoms with Gasteiger partial charge in [0.2, 0.25) is 0 Å². The summed E-state index contributed by atoms with van der Waals surface area (Å²) in [5, 5.41) is 0. The molecule has 0 nitrogen and oxygen atoms in total. The lowest BCUT2D eigenvalue weighted by molar-refractivity contribution is 0.172. The molecule has 0 aliphatic heterocycles. The highest BCUT2D eigenvalue weighted by atomic mass is 14.3. The Bertz CT molecular complexity index is 169. The molecule has 2 atom stereocenters. The first-order chi connectivity index (χ1) is 7.31. The number of hydrogen-bond donors (Lipinski definition) is 0. The highest BCUT2D eigenvalue weighted by Gasteiger charge is 2.26. The van der Waals surface area contributed by atoms with Crippen LogP contribution in [-0.2, 0) is 0 Å². The van der Waals surface area contributed by atoms with E-state index in [2.05, 4.69) is 48.5 Å². The summed E-state index contributed by atoms with van der Waals surface area (Å²) < 4.78 is 0. The zero-order chi connectivity index (χ0) is 12.8. The molecule has 16 heavy (non-hydrogen) atoms. The van der Waals surface area contributed by atoms with Crippen LogP contribution in [0.15, 0.2) is 0 Å². The standard InChI is InChI=1S/C16H34/c1-8-16(7,14(4)5)12-11-15(6)10-9-13(2)3/h13-15H,8-12H2,1-7H3. The first-order valence-corrected chi connectivity index (χ1v) is 7.31. The van der Waals surface area contributed by atoms with E-state index < -0.39 is 0 Å². The second-order valence-corrected chi connectivity index (χ2v) is 6.78. The molecule has 0 heteroatoms. The van der Waals surface area contributed by atoms with Gasteiger partial charge in [0.1, 0.15) is 0 Å². The summed E-state index contributed by atoms with van der Waals surface area (Å²) in [5.41, 5.74) is 0.562. The van der Waals surface area contributed by atoms with Gasteiger partial charge in [0, 0.05) is 0 Å². The van der Waals surface area contributed by atoms with Gasteiger partial charge in [-0.1, -0.05) is 74.1 Å². The fraction of sp³-hybridized carbons (Fsp3) is 1.00. The Balaban J connectivity index is 3.93. The van der Waals surface area contributed by atoms with Crippen molar-refractivity contribution in [3.8, 4) is 0 Å². The van der Waals surface area contributed by atoms with Crippen LogP contribution in [0.2, 0.25) is 0 Å². The minimum Gasteiger partial charge on any atom is -0.0649 e. The van der Waals surface area contributed by atoms with Crippen molar-refractivity contribution < 1.29 is 0 Å². The van der Waals surface area contributed by atoms with Crippen LogP contribution < -0.4 is 0 Å². The molecule has 98 valence electrons. The maximum Gasteiger partial charge on any atom is -0.0305 e. The summed E-state index contributed by atoms with van der Waals surface area (Å²) in [7, 11) is 0. The molecule has 0 aliphatic rings. The molecule has 0 rings (SSSR count). The topological polar surface area (TPSA) is 0 Å². The van der Waals surface area contributed by atoms with Gasteiger partial charge in [-0.2, -0.15) is 0 Å². The van der Waals surface area contributed by atoms with Crippen LogP contribution in [0.5, 0.6) is 0 Å². The predicted octanol–water partition coefficient (Wildman–Crippen LogP) is 5.91. The molecule has 0 aromatic heterocycles. The predicted molar refractivity (Wildman–Crippen MR) is 75.7 cm³/mol. The lowest BCUT2D eigenvalue weighted by Gasteiger charge is -2.34. The van der Waals surface area contributed by atoms with E-state index in [1.165, 1.54) is 32.1 Å². The minimum absolute atomic E-state index is 0.562. The van der Waals surface area contributed by atoms with Crippen molar-refractivity contribution in [2.45, 2.75) is 80.6 Å². The average Bonchev–Trinajstić information content (AvgIpc) is 2.22. The third-order valence-electron chi connectivity index (χ3n) is 4.65. The fourth-order valence-electron chi connectivity index (χ4n) is 2.21. The van der Waals surface area contributed by atoms with Crippen molar-refractivity contribution >= 4 is 0 Å². The smallest absolute Gasteiger partial charge is 0.0305 e. The zero-order valence-corrected chi connectivity index (χ0v) is 12.8. The minimum atomic E-state index is 0.562. The van der Waals surface area contributed by atoms with Crippen molar-refractivity contribution in [3.63, 3.8) is 0 Å². The van der Waals surface area contributed by atoms with Crippen molar-refractivity contribution in [2.75, 3.05) is 0 Å². The Morgan fingerprint density at radius 1 is 0.875 bits per heavy atom. The van der Waals surface area contributed by atoms with Gasteiger partial charge in [-0.15, -0.1) is 0 Å². The Labute approximate surface area is 104 Å². The van der Waals surface area contributed by atoms with Crippen molar-refractivity contribution in [1.29, 1.82) is 0 Å². The molecule has 0 fully saturated rings. The molecule has 0 heterocycles. The van der Waals surface area contributed by atoms with Crippen LogP contribution in [0.4, 0.5) is 0 Å². The lowest BCUT2D eigenvalue weighted by atomic mass is 9.72. The third-order valence-corrected chi connectivity index (χ3v) is 4.65. The van der Waals surface area contributed by atoms with Gasteiger partial charge in [-0.25, -0.2) is 0 Å². The van der Waals surface area contributed by atoms with Crippen LogP contribution in [0.1, 0.15) is 80.6 Å². The van der Waals surface area contributed by atoms with Gasteiger partial charge >= 0.3 is 0 Å². The molecule has 0 aromatic carbocycles. The van der Waals surface area contributed by atoms with Crippen LogP contribution in [0.25, 0.3) is 0 Å². The van der Waals surface area contributed by atoms with Crippen molar-refractivity contribution in [3.05, 3.63) is 0 Å². The Kier molecular flexibility index (Phi) is 7.35. The monoisotopic (exact) mass is 226 g/mol. The SMILES string of the molecule is CCC(C)(CCC(C)CCC(C)C)C(C)C. The molecule has 0 aromatic rings. The Hall–Kier alpha value is 0. The van der Waals surface area contributed by atoms with E-state index in [9.17, 15) is 0 Å². The van der Waals surface area contributed by atoms with E-state index >= 15 is 0 Å². The van der Waals surface area contributed by atoms with Gasteiger partial charge in [0.05, 0.1) is 0 Å². The van der Waals surface area contributed by atoms with E-state index in [0.717, 1.165) is 17.8 Å². The number of hydrogen-bond acceptors (Lipinski definition) is 0. The van der Waals surface area contributed by atoms with Crippen LogP contribution >= 0.6 is 0 Å². The van der Waals surface area contributed by atoms with Crippen LogP contribution in [0.3, 0.4) is 0 Å². The van der Waals surface area contributed by atoms with Crippen molar-refractivity contribution in [1.82, 2.24) is 0 Å². The average molecular weight is 226 g/mol. The molecular formula is C16H34. The molecule has 0 spiro atoms. The van der Waals surface area contributed by atoms with Gasteiger partial charge in [-0.3, -0.25) is 0 Å². The molecular weight excluding hydrogens is 192 g/mol. The Morgan fingerprint density at radius 2 is 1.44 bits per heavy atom. The van der Waals surface area contributed by atoms with Gasteiger partial charge < -0.3 is 0 Å². The summed E-state index contributed by atoms with van der Waals surface area (Å²) in [6, 6.07) is 0. The largest absolute Gasteiger partial charge is 0.0649 e. The molecule has 2 unspecified atom stereocenters. The normalized spacial score (nSPS) is 17.8. The van der Waals surface area contributed by atoms with Crippen LogP contribution in [0, 0.1) is 23.2 Å². The van der Waals surface area contributed by atoms with Gasteiger partial charge in [0.15, 0.2) is 0 Å². The van der Waals surface area contributed by atoms with E-state index in [0.29, 0.717) is 5.41 Å². The molecule has 0 aliphatic carbocycles. The first-order valence-electron chi connectivity index (χ1n) is 7.31. The molecule has 0 amide bonds. The fourth-order valence-corrected chi connectivity index (χ4v) is 2.21. The van der Waals surface area contributed by atoms with E-state index in [1.54, 1.807) is 0 Å². The summed E-state index contributed by atoms with van der Waals surface area (Å²) in [6.45, 7) is 16.7. The summed E-state index contributed by atoms with van der Waals surface area (Å²) in [4.78, 5) is 0. The van der Waals surface area contributed by atoms with Gasteiger partial charge in [-0.05, 0) is 29.6 Å². The number of rotatable bonds is 8. The molecule has 0 saturated heterocycles. The first kappa shape index (κ1) is 16.0. The zero-order valence-electron chi connectivity index (χ0n) is 12.8.